The Hall–Kier alpha value is -1.42. The van der Waals surface area contributed by atoms with Gasteiger partial charge in [0.1, 0.15) is 5.75 Å². The van der Waals surface area contributed by atoms with Crippen LogP contribution < -0.4 is 16.2 Å². The highest BCUT2D eigenvalue weighted by Gasteiger charge is 2.02. The Morgan fingerprint density at radius 3 is 2.79 bits per heavy atom. The topological polar surface area (TPSA) is 78.3 Å². The molecule has 4 nitrogen and oxygen atoms in total. The molecule has 1 aromatic carbocycles. The van der Waals surface area contributed by atoms with Crippen molar-refractivity contribution in [2.75, 3.05) is 12.3 Å². The van der Waals surface area contributed by atoms with Crippen molar-refractivity contribution in [1.82, 2.24) is 0 Å². The lowest BCUT2D eigenvalue weighted by Gasteiger charge is -2.06. The summed E-state index contributed by atoms with van der Waals surface area (Å²) < 4.78 is 5.21. The Morgan fingerprint density at radius 1 is 1.50 bits per heavy atom. The van der Waals surface area contributed by atoms with Crippen molar-refractivity contribution in [3.63, 3.8) is 0 Å². The van der Waals surface area contributed by atoms with Crippen LogP contribution in [0.2, 0.25) is 5.02 Å². The number of carbonyl (C=O) groups is 1. The molecule has 0 heterocycles. The van der Waals surface area contributed by atoms with Crippen LogP contribution in [-0.4, -0.2) is 12.5 Å². The maximum Gasteiger partial charge on any atom is 0.220 e. The molecule has 0 aromatic heterocycles. The number of ether oxygens (including phenoxy) is 1. The van der Waals surface area contributed by atoms with E-state index in [2.05, 4.69) is 0 Å². The molecule has 0 unspecified atom stereocenters. The van der Waals surface area contributed by atoms with Crippen LogP contribution in [0.5, 0.6) is 5.75 Å². The van der Waals surface area contributed by atoms with E-state index in [4.69, 9.17) is 27.8 Å². The van der Waals surface area contributed by atoms with Gasteiger partial charge in [-0.05, 0) is 18.2 Å². The van der Waals surface area contributed by atoms with Crippen LogP contribution in [0.25, 0.3) is 0 Å². The number of anilines is 1. The molecule has 0 bridgehead atoms. The number of halogens is 1. The Bertz CT molecular complexity index is 342. The van der Waals surface area contributed by atoms with E-state index in [1.54, 1.807) is 18.2 Å². The van der Waals surface area contributed by atoms with E-state index < -0.39 is 5.91 Å². The molecule has 0 aliphatic heterocycles. The van der Waals surface area contributed by atoms with Gasteiger partial charge in [-0.2, -0.15) is 0 Å². The molecule has 1 aromatic rings. The molecule has 0 radical (unpaired) electrons. The van der Waals surface area contributed by atoms with Crippen molar-refractivity contribution in [3.8, 4) is 5.75 Å². The molecule has 0 aliphatic carbocycles. The van der Waals surface area contributed by atoms with Gasteiger partial charge in [-0.15, -0.1) is 0 Å². The number of hydrogen-bond donors (Lipinski definition) is 2. The maximum absolute atomic E-state index is 10.4. The fourth-order valence-electron chi connectivity index (χ4n) is 0.896. The van der Waals surface area contributed by atoms with E-state index in [0.29, 0.717) is 16.5 Å². The molecule has 0 fully saturated rings. The summed E-state index contributed by atoms with van der Waals surface area (Å²) in [5.41, 5.74) is 11.0. The lowest BCUT2D eigenvalue weighted by Crippen LogP contribution is -2.14. The van der Waals surface area contributed by atoms with Crippen LogP contribution >= 0.6 is 11.6 Å². The molecule has 0 saturated carbocycles. The summed E-state index contributed by atoms with van der Waals surface area (Å²) in [5.74, 6) is 0.0960. The van der Waals surface area contributed by atoms with Crippen molar-refractivity contribution >= 4 is 23.2 Å². The number of nitrogens with two attached hydrogens (primary N) is 2. The van der Waals surface area contributed by atoms with Crippen LogP contribution in [0.3, 0.4) is 0 Å². The number of benzene rings is 1. The molecule has 4 N–H and O–H groups in total. The highest BCUT2D eigenvalue weighted by Crippen LogP contribution is 2.26. The Labute approximate surface area is 86.8 Å². The standard InChI is InChI=1S/C9H11ClN2O2/c10-7-5-6(11)1-2-8(7)14-4-3-9(12)13/h1-2,5H,3-4,11H2,(H2,12,13). The Kier molecular flexibility index (Phi) is 3.59. The molecule has 0 atom stereocenters. The predicted molar refractivity (Wildman–Crippen MR) is 55.2 cm³/mol. The maximum atomic E-state index is 10.4. The SMILES string of the molecule is NC(=O)CCOc1ccc(N)cc1Cl. The summed E-state index contributed by atoms with van der Waals surface area (Å²) in [5, 5.41) is 0.425. The fraction of sp³-hybridized carbons (Fsp3) is 0.222. The molecule has 0 aliphatic rings. The summed E-state index contributed by atoms with van der Waals surface area (Å²) in [6.07, 6.45) is 0.167. The molecule has 1 amide bonds. The first-order chi connectivity index (χ1) is 6.59. The summed E-state index contributed by atoms with van der Waals surface area (Å²) in [4.78, 5) is 10.4. The van der Waals surface area contributed by atoms with Crippen LogP contribution in [0.4, 0.5) is 5.69 Å². The lowest BCUT2D eigenvalue weighted by atomic mass is 10.3. The third-order valence-electron chi connectivity index (χ3n) is 1.56. The third kappa shape index (κ3) is 3.14. The van der Waals surface area contributed by atoms with Gasteiger partial charge < -0.3 is 16.2 Å². The molecule has 14 heavy (non-hydrogen) atoms. The number of hydrogen-bond acceptors (Lipinski definition) is 3. The smallest absolute Gasteiger partial charge is 0.220 e. The molecule has 5 heteroatoms. The second-order valence-corrected chi connectivity index (χ2v) is 3.16. The second kappa shape index (κ2) is 4.72. The summed E-state index contributed by atoms with van der Waals surface area (Å²) in [7, 11) is 0. The number of rotatable bonds is 4. The van der Waals surface area contributed by atoms with Crippen molar-refractivity contribution in [3.05, 3.63) is 23.2 Å². The van der Waals surface area contributed by atoms with Crippen LogP contribution in [0.1, 0.15) is 6.42 Å². The second-order valence-electron chi connectivity index (χ2n) is 2.75. The van der Waals surface area contributed by atoms with E-state index in [1.165, 1.54) is 0 Å². The first-order valence-corrected chi connectivity index (χ1v) is 4.43. The van der Waals surface area contributed by atoms with Gasteiger partial charge >= 0.3 is 0 Å². The third-order valence-corrected chi connectivity index (χ3v) is 1.86. The molecular formula is C9H11ClN2O2. The first kappa shape index (κ1) is 10.7. The van der Waals surface area contributed by atoms with Crippen LogP contribution in [0, 0.1) is 0 Å². The van der Waals surface area contributed by atoms with Crippen molar-refractivity contribution < 1.29 is 9.53 Å². The zero-order valence-corrected chi connectivity index (χ0v) is 8.25. The predicted octanol–water partition coefficient (Wildman–Crippen LogP) is 1.18. The number of primary amides is 1. The average Bonchev–Trinajstić information content (AvgIpc) is 2.08. The molecule has 76 valence electrons. The lowest BCUT2D eigenvalue weighted by molar-refractivity contribution is -0.118. The van der Waals surface area contributed by atoms with Gasteiger partial charge in [0.2, 0.25) is 5.91 Å². The number of amides is 1. The minimum absolute atomic E-state index is 0.167. The van der Waals surface area contributed by atoms with E-state index in [0.717, 1.165) is 0 Å². The van der Waals surface area contributed by atoms with Gasteiger partial charge in [0, 0.05) is 5.69 Å². The summed E-state index contributed by atoms with van der Waals surface area (Å²) >= 11 is 5.82. The van der Waals surface area contributed by atoms with E-state index in [-0.39, 0.29) is 13.0 Å². The van der Waals surface area contributed by atoms with Gasteiger partial charge in [-0.3, -0.25) is 4.79 Å². The minimum Gasteiger partial charge on any atom is -0.491 e. The first-order valence-electron chi connectivity index (χ1n) is 4.05. The largest absolute Gasteiger partial charge is 0.491 e. The van der Waals surface area contributed by atoms with Gasteiger partial charge in [-0.25, -0.2) is 0 Å². The highest BCUT2D eigenvalue weighted by molar-refractivity contribution is 6.32. The Morgan fingerprint density at radius 2 is 2.21 bits per heavy atom. The normalized spacial score (nSPS) is 9.79. The average molecular weight is 215 g/mol. The van der Waals surface area contributed by atoms with E-state index >= 15 is 0 Å². The van der Waals surface area contributed by atoms with Crippen LogP contribution in [-0.2, 0) is 4.79 Å². The molecular weight excluding hydrogens is 204 g/mol. The molecule has 1 rings (SSSR count). The summed E-state index contributed by atoms with van der Waals surface area (Å²) in [6.45, 7) is 0.221. The van der Waals surface area contributed by atoms with Crippen LogP contribution in [0.15, 0.2) is 18.2 Å². The zero-order valence-electron chi connectivity index (χ0n) is 7.50. The van der Waals surface area contributed by atoms with E-state index in [9.17, 15) is 4.79 Å². The van der Waals surface area contributed by atoms with Gasteiger partial charge in [0.25, 0.3) is 0 Å². The number of carbonyl (C=O) groups excluding carboxylic acids is 1. The zero-order chi connectivity index (χ0) is 10.6. The van der Waals surface area contributed by atoms with E-state index in [1.807, 2.05) is 0 Å². The molecule has 0 spiro atoms. The minimum atomic E-state index is -0.406. The van der Waals surface area contributed by atoms with Gasteiger partial charge in [-0.1, -0.05) is 11.6 Å². The summed E-state index contributed by atoms with van der Waals surface area (Å²) in [6, 6.07) is 4.91. The van der Waals surface area contributed by atoms with Crippen molar-refractivity contribution in [2.45, 2.75) is 6.42 Å². The van der Waals surface area contributed by atoms with Gasteiger partial charge in [0.15, 0.2) is 0 Å². The number of nitrogen functional groups attached to an aromatic ring is 1. The molecule has 0 saturated heterocycles. The highest BCUT2D eigenvalue weighted by atomic mass is 35.5. The van der Waals surface area contributed by atoms with Crippen molar-refractivity contribution in [1.29, 1.82) is 0 Å². The Balaban J connectivity index is 2.55. The quantitative estimate of drug-likeness (QED) is 0.739. The van der Waals surface area contributed by atoms with Crippen molar-refractivity contribution in [2.24, 2.45) is 5.73 Å². The monoisotopic (exact) mass is 214 g/mol. The fourth-order valence-corrected chi connectivity index (χ4v) is 1.14. The van der Waals surface area contributed by atoms with Gasteiger partial charge in [0.05, 0.1) is 18.1 Å².